The molecule has 120 valence electrons. The SMILES string of the molecule is CNS(=O)(=O)c1cccc(NC(=O)C(=O)c2ccc(Cl)cc2)c1. The Morgan fingerprint density at radius 2 is 1.70 bits per heavy atom. The van der Waals surface area contributed by atoms with E-state index in [1.807, 2.05) is 0 Å². The Kier molecular flexibility index (Phi) is 5.15. The van der Waals surface area contributed by atoms with Crippen LogP contribution in [0.4, 0.5) is 5.69 Å². The minimum Gasteiger partial charge on any atom is -0.319 e. The van der Waals surface area contributed by atoms with E-state index in [1.165, 1.54) is 55.6 Å². The van der Waals surface area contributed by atoms with Crippen LogP contribution in [0.5, 0.6) is 0 Å². The summed E-state index contributed by atoms with van der Waals surface area (Å²) < 4.78 is 25.6. The van der Waals surface area contributed by atoms with Crippen molar-refractivity contribution in [2.24, 2.45) is 0 Å². The summed E-state index contributed by atoms with van der Waals surface area (Å²) in [5.74, 6) is -1.62. The average Bonchev–Trinajstić information content (AvgIpc) is 2.55. The number of carbonyl (C=O) groups is 2. The zero-order valence-electron chi connectivity index (χ0n) is 12.0. The summed E-state index contributed by atoms with van der Waals surface area (Å²) in [6.07, 6.45) is 0. The van der Waals surface area contributed by atoms with Gasteiger partial charge in [0.2, 0.25) is 10.0 Å². The number of nitrogens with one attached hydrogen (secondary N) is 2. The van der Waals surface area contributed by atoms with Crippen molar-refractivity contribution < 1.29 is 18.0 Å². The highest BCUT2D eigenvalue weighted by atomic mass is 35.5. The van der Waals surface area contributed by atoms with Crippen LogP contribution in [0, 0.1) is 0 Å². The molecule has 1 amide bonds. The number of benzene rings is 2. The molecule has 0 bridgehead atoms. The van der Waals surface area contributed by atoms with Gasteiger partial charge in [-0.05, 0) is 49.5 Å². The molecule has 2 rings (SSSR count). The van der Waals surface area contributed by atoms with Crippen LogP contribution < -0.4 is 10.0 Å². The largest absolute Gasteiger partial charge is 0.319 e. The third kappa shape index (κ3) is 4.16. The molecule has 2 aromatic rings. The molecule has 8 heteroatoms. The van der Waals surface area contributed by atoms with Gasteiger partial charge in [0.05, 0.1) is 4.90 Å². The van der Waals surface area contributed by atoms with Crippen LogP contribution in [0.3, 0.4) is 0 Å². The van der Waals surface area contributed by atoms with Crippen LogP contribution in [-0.2, 0) is 14.8 Å². The number of halogens is 1. The van der Waals surface area contributed by atoms with Crippen LogP contribution in [0.1, 0.15) is 10.4 Å². The molecule has 0 spiro atoms. The first kappa shape index (κ1) is 17.1. The average molecular weight is 353 g/mol. The standard InChI is InChI=1S/C15H13ClN2O4S/c1-17-23(21,22)13-4-2-3-12(9-13)18-15(20)14(19)10-5-7-11(16)8-6-10/h2-9,17H,1H3,(H,18,20). The van der Waals surface area contributed by atoms with E-state index < -0.39 is 21.7 Å². The lowest BCUT2D eigenvalue weighted by Gasteiger charge is -2.07. The lowest BCUT2D eigenvalue weighted by Crippen LogP contribution is -2.23. The van der Waals surface area contributed by atoms with Crippen molar-refractivity contribution in [3.63, 3.8) is 0 Å². The van der Waals surface area contributed by atoms with Crippen molar-refractivity contribution in [1.29, 1.82) is 0 Å². The number of amides is 1. The topological polar surface area (TPSA) is 92.3 Å². The summed E-state index contributed by atoms with van der Waals surface area (Å²) in [7, 11) is -2.35. The summed E-state index contributed by atoms with van der Waals surface area (Å²) >= 11 is 5.72. The van der Waals surface area contributed by atoms with Gasteiger partial charge in [-0.15, -0.1) is 0 Å². The molecule has 0 aliphatic carbocycles. The summed E-state index contributed by atoms with van der Waals surface area (Å²) in [6, 6.07) is 11.5. The number of carbonyl (C=O) groups excluding carboxylic acids is 2. The Labute approximate surface area is 138 Å². The van der Waals surface area contributed by atoms with Gasteiger partial charge in [0, 0.05) is 16.3 Å². The minimum atomic E-state index is -3.63. The fraction of sp³-hybridized carbons (Fsp3) is 0.0667. The third-order valence-electron chi connectivity index (χ3n) is 2.98. The number of rotatable bonds is 5. The van der Waals surface area contributed by atoms with Crippen molar-refractivity contribution in [2.75, 3.05) is 12.4 Å². The summed E-state index contributed by atoms with van der Waals surface area (Å²) in [5, 5.41) is 2.83. The normalized spacial score (nSPS) is 11.0. The van der Waals surface area contributed by atoms with Gasteiger partial charge in [0.1, 0.15) is 0 Å². The second-order valence-electron chi connectivity index (χ2n) is 4.53. The van der Waals surface area contributed by atoms with Crippen LogP contribution >= 0.6 is 11.6 Å². The molecule has 23 heavy (non-hydrogen) atoms. The molecular weight excluding hydrogens is 340 g/mol. The first-order valence-electron chi connectivity index (χ1n) is 6.48. The minimum absolute atomic E-state index is 0.0169. The van der Waals surface area contributed by atoms with E-state index in [1.54, 1.807) is 0 Å². The van der Waals surface area contributed by atoms with Gasteiger partial charge < -0.3 is 5.32 Å². The van der Waals surface area contributed by atoms with Gasteiger partial charge in [0.15, 0.2) is 0 Å². The van der Waals surface area contributed by atoms with Crippen molar-refractivity contribution in [3.05, 3.63) is 59.1 Å². The van der Waals surface area contributed by atoms with Gasteiger partial charge in [-0.2, -0.15) is 0 Å². The van der Waals surface area contributed by atoms with E-state index >= 15 is 0 Å². The first-order valence-corrected chi connectivity index (χ1v) is 8.34. The van der Waals surface area contributed by atoms with Crippen molar-refractivity contribution in [1.82, 2.24) is 4.72 Å². The molecule has 0 saturated heterocycles. The van der Waals surface area contributed by atoms with Gasteiger partial charge in [-0.3, -0.25) is 9.59 Å². The molecule has 0 atom stereocenters. The van der Waals surface area contributed by atoms with Gasteiger partial charge in [0.25, 0.3) is 11.7 Å². The molecule has 0 aromatic heterocycles. The Morgan fingerprint density at radius 3 is 2.30 bits per heavy atom. The predicted molar refractivity (Wildman–Crippen MR) is 87.1 cm³/mol. The Hall–Kier alpha value is -2.22. The van der Waals surface area contributed by atoms with Crippen LogP contribution in [0.15, 0.2) is 53.4 Å². The Morgan fingerprint density at radius 1 is 1.04 bits per heavy atom. The molecule has 0 fully saturated rings. The highest BCUT2D eigenvalue weighted by molar-refractivity contribution is 7.89. The van der Waals surface area contributed by atoms with E-state index in [0.717, 1.165) is 0 Å². The van der Waals surface area contributed by atoms with Crippen LogP contribution in [-0.4, -0.2) is 27.2 Å². The molecule has 0 aliphatic rings. The van der Waals surface area contributed by atoms with Gasteiger partial charge in [-0.25, -0.2) is 13.1 Å². The van der Waals surface area contributed by atoms with Crippen LogP contribution in [0.2, 0.25) is 5.02 Å². The smallest absolute Gasteiger partial charge is 0.296 e. The fourth-order valence-corrected chi connectivity index (χ4v) is 2.68. The number of hydrogen-bond donors (Lipinski definition) is 2. The Bertz CT molecular complexity index is 848. The molecule has 0 unspecified atom stereocenters. The predicted octanol–water partition coefficient (Wildman–Crippen LogP) is 2.07. The number of hydrogen-bond acceptors (Lipinski definition) is 4. The second kappa shape index (κ2) is 6.91. The monoisotopic (exact) mass is 352 g/mol. The zero-order valence-corrected chi connectivity index (χ0v) is 13.6. The quantitative estimate of drug-likeness (QED) is 0.636. The number of sulfonamides is 1. The maximum absolute atomic E-state index is 12.0. The number of Topliss-reactive ketones (excluding diaryl/α,β-unsaturated/α-hetero) is 1. The highest BCUT2D eigenvalue weighted by Crippen LogP contribution is 2.16. The number of ketones is 1. The van der Waals surface area contributed by atoms with E-state index in [9.17, 15) is 18.0 Å². The second-order valence-corrected chi connectivity index (χ2v) is 6.85. The highest BCUT2D eigenvalue weighted by Gasteiger charge is 2.17. The maximum Gasteiger partial charge on any atom is 0.296 e. The lowest BCUT2D eigenvalue weighted by molar-refractivity contribution is -0.112. The summed E-state index contributed by atoms with van der Waals surface area (Å²) in [4.78, 5) is 24.0. The van der Waals surface area contributed by atoms with Crippen molar-refractivity contribution in [3.8, 4) is 0 Å². The van der Waals surface area contributed by atoms with E-state index in [4.69, 9.17) is 11.6 Å². The summed E-state index contributed by atoms with van der Waals surface area (Å²) in [6.45, 7) is 0. The van der Waals surface area contributed by atoms with Gasteiger partial charge in [-0.1, -0.05) is 17.7 Å². The molecule has 0 aliphatic heterocycles. The Balaban J connectivity index is 2.19. The zero-order chi connectivity index (χ0) is 17.0. The van der Waals surface area contributed by atoms with E-state index in [-0.39, 0.29) is 16.1 Å². The molecule has 0 heterocycles. The van der Waals surface area contributed by atoms with Crippen molar-refractivity contribution in [2.45, 2.75) is 4.90 Å². The molecule has 0 radical (unpaired) electrons. The fourth-order valence-electron chi connectivity index (χ4n) is 1.78. The molecule has 2 N–H and O–H groups in total. The molecule has 2 aromatic carbocycles. The maximum atomic E-state index is 12.0. The van der Waals surface area contributed by atoms with Crippen molar-refractivity contribution >= 4 is 39.0 Å². The number of anilines is 1. The summed E-state index contributed by atoms with van der Waals surface area (Å²) in [5.41, 5.74) is 0.388. The van der Waals surface area contributed by atoms with Crippen LogP contribution in [0.25, 0.3) is 0 Å². The molecular formula is C15H13ClN2O4S. The van der Waals surface area contributed by atoms with E-state index in [0.29, 0.717) is 5.02 Å². The third-order valence-corrected chi connectivity index (χ3v) is 4.65. The molecule has 6 nitrogen and oxygen atoms in total. The van der Waals surface area contributed by atoms with Gasteiger partial charge >= 0.3 is 0 Å². The first-order chi connectivity index (χ1) is 10.8. The molecule has 0 saturated carbocycles. The lowest BCUT2D eigenvalue weighted by atomic mass is 10.1. The van der Waals surface area contributed by atoms with E-state index in [2.05, 4.69) is 10.0 Å².